The van der Waals surface area contributed by atoms with Gasteiger partial charge in [0.1, 0.15) is 11.2 Å². The average molecular weight is 311 g/mol. The summed E-state index contributed by atoms with van der Waals surface area (Å²) in [5.74, 6) is -1.12. The number of aliphatic hydroxyl groups is 1. The van der Waals surface area contributed by atoms with Crippen molar-refractivity contribution in [2.45, 2.75) is 12.5 Å². The summed E-state index contributed by atoms with van der Waals surface area (Å²) >= 11 is 3.33. The highest BCUT2D eigenvalue weighted by atomic mass is 79.9. The van der Waals surface area contributed by atoms with E-state index in [1.807, 2.05) is 6.07 Å². The predicted octanol–water partition coefficient (Wildman–Crippen LogP) is 3.00. The average Bonchev–Trinajstić information content (AvgIpc) is 2.78. The Kier molecular flexibility index (Phi) is 3.28. The highest BCUT2D eigenvalue weighted by molar-refractivity contribution is 9.10. The molecule has 0 aliphatic rings. The molecule has 0 spiro atoms. The van der Waals surface area contributed by atoms with Gasteiger partial charge in [-0.05, 0) is 19.1 Å². The van der Waals surface area contributed by atoms with E-state index in [1.54, 1.807) is 18.2 Å². The maximum Gasteiger partial charge on any atom is 0.339 e. The fraction of sp³-hybridized carbons (Fsp3) is 0.154. The Hall–Kier alpha value is -1.59. The Balaban J connectivity index is 2.58. The molecule has 1 heterocycles. The van der Waals surface area contributed by atoms with Crippen molar-refractivity contribution in [3.8, 4) is 0 Å². The molecule has 0 aliphatic carbocycles. The first-order valence-electron chi connectivity index (χ1n) is 5.23. The number of hydrogen-bond donors (Lipinski definition) is 2. The lowest BCUT2D eigenvalue weighted by atomic mass is 9.91. The van der Waals surface area contributed by atoms with Gasteiger partial charge < -0.3 is 14.6 Å². The van der Waals surface area contributed by atoms with Crippen molar-refractivity contribution in [3.63, 3.8) is 0 Å². The molecule has 0 saturated heterocycles. The van der Waals surface area contributed by atoms with Gasteiger partial charge in [-0.3, -0.25) is 0 Å². The van der Waals surface area contributed by atoms with E-state index in [2.05, 4.69) is 15.9 Å². The Morgan fingerprint density at radius 1 is 1.33 bits per heavy atom. The van der Waals surface area contributed by atoms with E-state index in [0.29, 0.717) is 10.0 Å². The fourth-order valence-electron chi connectivity index (χ4n) is 1.83. The molecule has 0 amide bonds. The second-order valence-electron chi connectivity index (χ2n) is 4.02. The number of carboxylic acid groups (broad SMARTS) is 1. The molecule has 1 atom stereocenters. The number of benzene rings is 1. The highest BCUT2D eigenvalue weighted by Gasteiger charge is 2.35. The van der Waals surface area contributed by atoms with Gasteiger partial charge in [0.15, 0.2) is 5.76 Å². The molecular formula is C13H11BrO4. The summed E-state index contributed by atoms with van der Waals surface area (Å²) in [4.78, 5) is 11.1. The minimum Gasteiger partial charge on any atom is -0.478 e. The summed E-state index contributed by atoms with van der Waals surface area (Å²) in [7, 11) is 0. The van der Waals surface area contributed by atoms with Crippen LogP contribution >= 0.6 is 15.9 Å². The summed E-state index contributed by atoms with van der Waals surface area (Å²) in [5, 5.41) is 19.6. The maximum absolute atomic E-state index is 11.1. The van der Waals surface area contributed by atoms with Crippen LogP contribution in [0.1, 0.15) is 28.6 Å². The molecule has 0 bridgehead atoms. The Morgan fingerprint density at radius 2 is 2.00 bits per heavy atom. The van der Waals surface area contributed by atoms with Crippen LogP contribution in [0.5, 0.6) is 0 Å². The number of furan rings is 1. The Morgan fingerprint density at radius 3 is 2.61 bits per heavy atom. The molecule has 1 aromatic heterocycles. The van der Waals surface area contributed by atoms with Crippen molar-refractivity contribution in [2.24, 2.45) is 0 Å². The third-order valence-corrected chi connectivity index (χ3v) is 3.43. The molecule has 2 N–H and O–H groups in total. The van der Waals surface area contributed by atoms with Gasteiger partial charge in [0, 0.05) is 10.0 Å². The highest BCUT2D eigenvalue weighted by Crippen LogP contribution is 2.36. The molecule has 0 saturated carbocycles. The van der Waals surface area contributed by atoms with Crippen LogP contribution < -0.4 is 0 Å². The quantitative estimate of drug-likeness (QED) is 0.914. The smallest absolute Gasteiger partial charge is 0.339 e. The van der Waals surface area contributed by atoms with E-state index in [4.69, 9.17) is 9.52 Å². The number of aromatic carboxylic acids is 1. The lowest BCUT2D eigenvalue weighted by molar-refractivity contribution is 0.0612. The van der Waals surface area contributed by atoms with Crippen molar-refractivity contribution in [1.82, 2.24) is 0 Å². The number of carbonyl (C=O) groups is 1. The maximum atomic E-state index is 11.1. The van der Waals surface area contributed by atoms with Gasteiger partial charge in [-0.15, -0.1) is 0 Å². The van der Waals surface area contributed by atoms with Crippen molar-refractivity contribution in [2.75, 3.05) is 0 Å². The molecule has 4 nitrogen and oxygen atoms in total. The molecule has 0 aliphatic heterocycles. The van der Waals surface area contributed by atoms with Crippen molar-refractivity contribution in [1.29, 1.82) is 0 Å². The van der Waals surface area contributed by atoms with Crippen LogP contribution in [0.15, 0.2) is 45.5 Å². The number of halogens is 1. The second-order valence-corrected chi connectivity index (χ2v) is 4.87. The summed E-state index contributed by atoms with van der Waals surface area (Å²) in [5.41, 5.74) is -1.02. The third-order valence-electron chi connectivity index (χ3n) is 2.74. The first-order chi connectivity index (χ1) is 8.44. The van der Waals surface area contributed by atoms with E-state index >= 15 is 0 Å². The van der Waals surface area contributed by atoms with Crippen LogP contribution in [0.25, 0.3) is 0 Å². The van der Waals surface area contributed by atoms with Gasteiger partial charge in [-0.1, -0.05) is 34.1 Å². The summed E-state index contributed by atoms with van der Waals surface area (Å²) < 4.78 is 5.83. The van der Waals surface area contributed by atoms with E-state index in [9.17, 15) is 9.90 Å². The van der Waals surface area contributed by atoms with Gasteiger partial charge in [-0.25, -0.2) is 4.79 Å². The topological polar surface area (TPSA) is 70.7 Å². The van der Waals surface area contributed by atoms with Gasteiger partial charge >= 0.3 is 5.97 Å². The first kappa shape index (κ1) is 12.9. The van der Waals surface area contributed by atoms with Gasteiger partial charge in [0.2, 0.25) is 0 Å². The Bertz CT molecular complexity index is 586. The van der Waals surface area contributed by atoms with E-state index < -0.39 is 11.6 Å². The largest absolute Gasteiger partial charge is 0.478 e. The zero-order valence-corrected chi connectivity index (χ0v) is 11.1. The van der Waals surface area contributed by atoms with Gasteiger partial charge in [0.25, 0.3) is 0 Å². The zero-order chi connectivity index (χ0) is 13.3. The van der Waals surface area contributed by atoms with Crippen molar-refractivity contribution >= 4 is 21.9 Å². The SMILES string of the molecule is CC(O)(c1ccccc1Br)c1occc1C(=O)O. The Labute approximate surface area is 112 Å². The standard InChI is InChI=1S/C13H11BrO4/c1-13(17,9-4-2-3-5-10(9)14)11-8(12(15)16)6-7-18-11/h2-7,17H,1H3,(H,15,16). The van der Waals surface area contributed by atoms with Crippen LogP contribution in [0.2, 0.25) is 0 Å². The van der Waals surface area contributed by atoms with Crippen LogP contribution in [0.4, 0.5) is 0 Å². The van der Waals surface area contributed by atoms with Gasteiger partial charge in [-0.2, -0.15) is 0 Å². The minimum atomic E-state index is -1.52. The molecule has 5 heteroatoms. The fourth-order valence-corrected chi connectivity index (χ4v) is 2.50. The monoisotopic (exact) mass is 310 g/mol. The second kappa shape index (κ2) is 4.59. The van der Waals surface area contributed by atoms with Crippen molar-refractivity contribution < 1.29 is 19.4 Å². The van der Waals surface area contributed by atoms with E-state index in [-0.39, 0.29) is 11.3 Å². The zero-order valence-electron chi connectivity index (χ0n) is 9.55. The van der Waals surface area contributed by atoms with E-state index in [0.717, 1.165) is 0 Å². The van der Waals surface area contributed by atoms with Crippen LogP contribution in [-0.2, 0) is 5.60 Å². The molecule has 0 radical (unpaired) electrons. The minimum absolute atomic E-state index is 0.0156. The molecule has 2 rings (SSSR count). The number of carboxylic acids is 1. The first-order valence-corrected chi connectivity index (χ1v) is 6.02. The van der Waals surface area contributed by atoms with Crippen LogP contribution in [0, 0.1) is 0 Å². The van der Waals surface area contributed by atoms with Crippen LogP contribution in [-0.4, -0.2) is 16.2 Å². The summed E-state index contributed by atoms with van der Waals surface area (Å²) in [6.07, 6.45) is 1.25. The lowest BCUT2D eigenvalue weighted by Crippen LogP contribution is -2.25. The van der Waals surface area contributed by atoms with Crippen molar-refractivity contribution in [3.05, 3.63) is 58.0 Å². The molecule has 94 valence electrons. The molecule has 1 aromatic carbocycles. The number of hydrogen-bond acceptors (Lipinski definition) is 3. The summed E-state index contributed by atoms with van der Waals surface area (Å²) in [6.45, 7) is 1.50. The number of rotatable bonds is 3. The van der Waals surface area contributed by atoms with Crippen LogP contribution in [0.3, 0.4) is 0 Å². The molecule has 2 aromatic rings. The molecule has 18 heavy (non-hydrogen) atoms. The molecular weight excluding hydrogens is 300 g/mol. The summed E-state index contributed by atoms with van der Waals surface area (Å²) in [6, 6.07) is 8.37. The predicted molar refractivity (Wildman–Crippen MR) is 68.5 cm³/mol. The van der Waals surface area contributed by atoms with Gasteiger partial charge in [0.05, 0.1) is 6.26 Å². The molecule has 0 fully saturated rings. The third kappa shape index (κ3) is 2.07. The van der Waals surface area contributed by atoms with E-state index in [1.165, 1.54) is 19.3 Å². The lowest BCUT2D eigenvalue weighted by Gasteiger charge is -2.23. The molecule has 1 unspecified atom stereocenters. The normalized spacial score (nSPS) is 14.2.